The Morgan fingerprint density at radius 1 is 1.44 bits per heavy atom. The molecule has 0 saturated carbocycles. The molecule has 2 aromatic rings. The van der Waals surface area contributed by atoms with Crippen LogP contribution in [0.15, 0.2) is 12.1 Å². The minimum absolute atomic E-state index is 0.273. The summed E-state index contributed by atoms with van der Waals surface area (Å²) in [4.78, 5) is 10.9. The third-order valence-electron chi connectivity index (χ3n) is 2.73. The van der Waals surface area contributed by atoms with Crippen molar-refractivity contribution in [2.75, 3.05) is 0 Å². The predicted octanol–water partition coefficient (Wildman–Crippen LogP) is 1.73. The van der Waals surface area contributed by atoms with Crippen molar-refractivity contribution in [2.24, 2.45) is 7.05 Å². The zero-order valence-electron chi connectivity index (χ0n) is 9.40. The molecule has 5 heteroatoms. The van der Waals surface area contributed by atoms with Gasteiger partial charge in [-0.2, -0.15) is 5.10 Å². The average molecular weight is 219 g/mol. The number of carboxylic acids is 1. The van der Waals surface area contributed by atoms with Crippen molar-refractivity contribution >= 4 is 5.97 Å². The highest BCUT2D eigenvalue weighted by molar-refractivity contribution is 5.87. The predicted molar refractivity (Wildman–Crippen MR) is 59.4 cm³/mol. The van der Waals surface area contributed by atoms with E-state index >= 15 is 0 Å². The molecule has 0 bridgehead atoms. The summed E-state index contributed by atoms with van der Waals surface area (Å²) in [5.41, 5.74) is 3.91. The Labute approximate surface area is 92.7 Å². The van der Waals surface area contributed by atoms with Crippen molar-refractivity contribution in [3.05, 3.63) is 29.2 Å². The highest BCUT2D eigenvalue weighted by Gasteiger charge is 2.16. The van der Waals surface area contributed by atoms with Crippen molar-refractivity contribution in [2.45, 2.75) is 13.8 Å². The minimum Gasteiger partial charge on any atom is -0.477 e. The van der Waals surface area contributed by atoms with Gasteiger partial charge in [0.2, 0.25) is 0 Å². The van der Waals surface area contributed by atoms with Crippen LogP contribution < -0.4 is 0 Å². The molecule has 2 N–H and O–H groups in total. The van der Waals surface area contributed by atoms with Gasteiger partial charge in [0.1, 0.15) is 5.69 Å². The van der Waals surface area contributed by atoms with E-state index in [0.717, 1.165) is 22.6 Å². The number of aryl methyl sites for hydroxylation is 2. The van der Waals surface area contributed by atoms with E-state index in [0.29, 0.717) is 0 Å². The summed E-state index contributed by atoms with van der Waals surface area (Å²) in [6, 6.07) is 3.40. The second kappa shape index (κ2) is 3.52. The Bertz CT molecular complexity index is 532. The van der Waals surface area contributed by atoms with Crippen LogP contribution in [0.1, 0.15) is 21.9 Å². The van der Waals surface area contributed by atoms with Crippen molar-refractivity contribution in [3.8, 4) is 11.3 Å². The molecule has 2 rings (SSSR count). The molecule has 0 unspecified atom stereocenters. The zero-order chi connectivity index (χ0) is 11.9. The van der Waals surface area contributed by atoms with Gasteiger partial charge in [-0.25, -0.2) is 4.79 Å². The molecule has 0 aliphatic heterocycles. The topological polar surface area (TPSA) is 70.9 Å². The van der Waals surface area contributed by atoms with Crippen LogP contribution in [0.3, 0.4) is 0 Å². The number of hydrogen-bond donors (Lipinski definition) is 2. The third kappa shape index (κ3) is 1.41. The van der Waals surface area contributed by atoms with E-state index < -0.39 is 5.97 Å². The average Bonchev–Trinajstić information content (AvgIpc) is 2.71. The largest absolute Gasteiger partial charge is 0.477 e. The number of rotatable bonds is 2. The number of H-pyrrole nitrogens is 1. The first-order chi connectivity index (χ1) is 7.52. The maximum absolute atomic E-state index is 10.9. The second-order valence-corrected chi connectivity index (χ2v) is 3.78. The van der Waals surface area contributed by atoms with Gasteiger partial charge in [-0.1, -0.05) is 0 Å². The smallest absolute Gasteiger partial charge is 0.352 e. The van der Waals surface area contributed by atoms with Gasteiger partial charge in [0.15, 0.2) is 0 Å². The Morgan fingerprint density at radius 3 is 2.56 bits per heavy atom. The fourth-order valence-corrected chi connectivity index (χ4v) is 1.91. The summed E-state index contributed by atoms with van der Waals surface area (Å²) in [6.07, 6.45) is 0. The van der Waals surface area contributed by atoms with Crippen LogP contribution in [-0.4, -0.2) is 25.8 Å². The number of nitrogens with one attached hydrogen (secondary N) is 1. The van der Waals surface area contributed by atoms with Gasteiger partial charge >= 0.3 is 5.97 Å². The molecule has 0 aliphatic rings. The molecule has 5 nitrogen and oxygen atoms in total. The van der Waals surface area contributed by atoms with Crippen molar-refractivity contribution in [3.63, 3.8) is 0 Å². The molecular formula is C11H13N3O2. The first-order valence-corrected chi connectivity index (χ1v) is 4.93. The third-order valence-corrected chi connectivity index (χ3v) is 2.73. The van der Waals surface area contributed by atoms with Gasteiger partial charge in [-0.05, 0) is 26.0 Å². The van der Waals surface area contributed by atoms with E-state index in [1.54, 1.807) is 23.7 Å². The van der Waals surface area contributed by atoms with Crippen molar-refractivity contribution in [1.29, 1.82) is 0 Å². The Hall–Kier alpha value is -2.04. The normalized spacial score (nSPS) is 10.7. The van der Waals surface area contributed by atoms with Crippen molar-refractivity contribution in [1.82, 2.24) is 14.8 Å². The zero-order valence-corrected chi connectivity index (χ0v) is 9.40. The molecule has 0 spiro atoms. The number of aromatic amines is 1. The maximum Gasteiger partial charge on any atom is 0.352 e. The van der Waals surface area contributed by atoms with Crippen LogP contribution in [0.25, 0.3) is 11.3 Å². The standard InChI is InChI=1S/C11H13N3O2/c1-6-10(7(2)13-12-6)8-4-5-9(11(15)16)14(8)3/h4-5H,1-3H3,(H,12,13)(H,15,16). The fraction of sp³-hybridized carbons (Fsp3) is 0.273. The van der Waals surface area contributed by atoms with Gasteiger partial charge in [-0.3, -0.25) is 5.10 Å². The van der Waals surface area contributed by atoms with Crippen LogP contribution >= 0.6 is 0 Å². The van der Waals surface area contributed by atoms with Gasteiger partial charge in [0.25, 0.3) is 0 Å². The molecule has 2 aromatic heterocycles. The van der Waals surface area contributed by atoms with Gasteiger partial charge < -0.3 is 9.67 Å². The van der Waals surface area contributed by atoms with Crippen LogP contribution in [0.5, 0.6) is 0 Å². The van der Waals surface area contributed by atoms with Crippen LogP contribution in [0, 0.1) is 13.8 Å². The lowest BCUT2D eigenvalue weighted by Crippen LogP contribution is -2.05. The summed E-state index contributed by atoms with van der Waals surface area (Å²) >= 11 is 0. The summed E-state index contributed by atoms with van der Waals surface area (Å²) in [5, 5.41) is 16.0. The van der Waals surface area contributed by atoms with E-state index in [4.69, 9.17) is 5.11 Å². The van der Waals surface area contributed by atoms with Crippen LogP contribution in [0.2, 0.25) is 0 Å². The lowest BCUT2D eigenvalue weighted by atomic mass is 10.1. The van der Waals surface area contributed by atoms with Crippen molar-refractivity contribution < 1.29 is 9.90 Å². The monoisotopic (exact) mass is 219 g/mol. The number of hydrogen-bond acceptors (Lipinski definition) is 2. The molecule has 0 radical (unpaired) electrons. The lowest BCUT2D eigenvalue weighted by molar-refractivity contribution is 0.0687. The van der Waals surface area contributed by atoms with E-state index in [1.165, 1.54) is 0 Å². The maximum atomic E-state index is 10.9. The number of aromatic carboxylic acids is 1. The number of nitrogens with zero attached hydrogens (tertiary/aromatic N) is 2. The first kappa shape index (κ1) is 10.5. The van der Waals surface area contributed by atoms with Gasteiger partial charge in [0.05, 0.1) is 11.4 Å². The fourth-order valence-electron chi connectivity index (χ4n) is 1.91. The molecular weight excluding hydrogens is 206 g/mol. The van der Waals surface area contributed by atoms with E-state index in [2.05, 4.69) is 10.2 Å². The van der Waals surface area contributed by atoms with E-state index in [1.807, 2.05) is 13.8 Å². The quantitative estimate of drug-likeness (QED) is 0.808. The number of aromatic nitrogens is 3. The van der Waals surface area contributed by atoms with E-state index in [9.17, 15) is 4.79 Å². The molecule has 0 fully saturated rings. The van der Waals surface area contributed by atoms with Gasteiger partial charge in [0, 0.05) is 18.3 Å². The first-order valence-electron chi connectivity index (χ1n) is 4.93. The number of carboxylic acid groups (broad SMARTS) is 1. The molecule has 84 valence electrons. The molecule has 2 heterocycles. The van der Waals surface area contributed by atoms with Crippen LogP contribution in [0.4, 0.5) is 0 Å². The Balaban J connectivity index is 2.62. The summed E-state index contributed by atoms with van der Waals surface area (Å²) in [7, 11) is 1.74. The summed E-state index contributed by atoms with van der Waals surface area (Å²) < 4.78 is 1.66. The summed E-state index contributed by atoms with van der Waals surface area (Å²) in [6.45, 7) is 3.81. The highest BCUT2D eigenvalue weighted by Crippen LogP contribution is 2.26. The molecule has 0 saturated heterocycles. The summed E-state index contributed by atoms with van der Waals surface area (Å²) in [5.74, 6) is -0.924. The number of carbonyl (C=O) groups is 1. The molecule has 16 heavy (non-hydrogen) atoms. The molecule has 0 amide bonds. The van der Waals surface area contributed by atoms with Crippen LogP contribution in [-0.2, 0) is 7.05 Å². The second-order valence-electron chi connectivity index (χ2n) is 3.78. The molecule has 0 aliphatic carbocycles. The van der Waals surface area contributed by atoms with Gasteiger partial charge in [-0.15, -0.1) is 0 Å². The minimum atomic E-state index is -0.924. The lowest BCUT2D eigenvalue weighted by Gasteiger charge is -2.05. The SMILES string of the molecule is Cc1n[nH]c(C)c1-c1ccc(C(=O)O)n1C. The molecule has 0 atom stereocenters. The van der Waals surface area contributed by atoms with E-state index in [-0.39, 0.29) is 5.69 Å². The Morgan fingerprint density at radius 2 is 2.12 bits per heavy atom. The molecule has 0 aromatic carbocycles. The Kier molecular flexibility index (Phi) is 2.30. The highest BCUT2D eigenvalue weighted by atomic mass is 16.4.